The van der Waals surface area contributed by atoms with Crippen LogP contribution >= 0.6 is 0 Å². The van der Waals surface area contributed by atoms with Crippen molar-refractivity contribution >= 4 is 27.0 Å². The lowest BCUT2D eigenvalue weighted by Crippen LogP contribution is -2.29. The molecule has 0 bridgehead atoms. The van der Waals surface area contributed by atoms with Crippen LogP contribution in [-0.4, -0.2) is 30.5 Å². The molecule has 0 spiro atoms. The molecule has 1 unspecified atom stereocenters. The summed E-state index contributed by atoms with van der Waals surface area (Å²) in [6.45, 7) is 1.54. The number of nitrogens with zero attached hydrogens (tertiary/aromatic N) is 2. The molecule has 0 aliphatic heterocycles. The molecule has 0 aliphatic carbocycles. The number of aromatic nitrogens is 2. The number of halogens is 2. The zero-order chi connectivity index (χ0) is 24.9. The number of hydrogen-bond acceptors (Lipinski definition) is 5. The van der Waals surface area contributed by atoms with Crippen molar-refractivity contribution < 1.29 is 26.7 Å². The predicted molar refractivity (Wildman–Crippen MR) is 124 cm³/mol. The van der Waals surface area contributed by atoms with Gasteiger partial charge in [0.25, 0.3) is 0 Å². The highest BCUT2D eigenvalue weighted by Gasteiger charge is 2.20. The standard InChI is InChI=1S/C23H28F2N4O4S/c1-3-13-29-19-10-9-15(34(26,31)32)14-18(19)27-21(29)11-12-22(30)28-17(4-2)16-7-5-6-8-20(16)33-23(24)25/h5-10,14,17,23H,3-4,11-13H2,1-2H3,(H,28,30)(H2,26,31,32). The van der Waals surface area contributed by atoms with Gasteiger partial charge in [-0.15, -0.1) is 0 Å². The van der Waals surface area contributed by atoms with Crippen LogP contribution in [0.2, 0.25) is 0 Å². The van der Waals surface area contributed by atoms with Gasteiger partial charge in [0.1, 0.15) is 11.6 Å². The monoisotopic (exact) mass is 494 g/mol. The van der Waals surface area contributed by atoms with E-state index in [0.29, 0.717) is 36.3 Å². The normalized spacial score (nSPS) is 12.8. The number of imidazole rings is 1. The van der Waals surface area contributed by atoms with E-state index in [-0.39, 0.29) is 23.0 Å². The van der Waals surface area contributed by atoms with E-state index < -0.39 is 22.7 Å². The Kier molecular flexibility index (Phi) is 8.21. The number of ether oxygens (including phenoxy) is 1. The number of hydrogen-bond donors (Lipinski definition) is 2. The average Bonchev–Trinajstić information content (AvgIpc) is 3.12. The van der Waals surface area contributed by atoms with Gasteiger partial charge in [-0.2, -0.15) is 8.78 Å². The van der Waals surface area contributed by atoms with Gasteiger partial charge in [0.15, 0.2) is 0 Å². The van der Waals surface area contributed by atoms with E-state index in [1.54, 1.807) is 24.3 Å². The van der Waals surface area contributed by atoms with E-state index >= 15 is 0 Å². The van der Waals surface area contributed by atoms with Crippen LogP contribution in [0.3, 0.4) is 0 Å². The Balaban J connectivity index is 1.77. The first-order chi connectivity index (χ1) is 16.1. The van der Waals surface area contributed by atoms with Crippen molar-refractivity contribution in [2.45, 2.75) is 63.6 Å². The van der Waals surface area contributed by atoms with Gasteiger partial charge in [-0.3, -0.25) is 4.79 Å². The van der Waals surface area contributed by atoms with Crippen LogP contribution in [0.4, 0.5) is 8.78 Å². The lowest BCUT2D eigenvalue weighted by Gasteiger charge is -2.20. The minimum atomic E-state index is -3.86. The molecule has 1 atom stereocenters. The second-order valence-corrected chi connectivity index (χ2v) is 9.38. The number of primary sulfonamides is 1. The van der Waals surface area contributed by atoms with Gasteiger partial charge in [0.05, 0.1) is 22.0 Å². The molecule has 0 fully saturated rings. The highest BCUT2D eigenvalue weighted by atomic mass is 32.2. The van der Waals surface area contributed by atoms with Crippen molar-refractivity contribution in [2.75, 3.05) is 0 Å². The third kappa shape index (κ3) is 6.09. The number of alkyl halides is 2. The van der Waals surface area contributed by atoms with E-state index in [0.717, 1.165) is 11.9 Å². The third-order valence-electron chi connectivity index (χ3n) is 5.40. The van der Waals surface area contributed by atoms with Crippen molar-refractivity contribution in [1.29, 1.82) is 0 Å². The second-order valence-electron chi connectivity index (χ2n) is 7.82. The lowest BCUT2D eigenvalue weighted by atomic mass is 10.0. The zero-order valence-corrected chi connectivity index (χ0v) is 19.8. The number of sulfonamides is 1. The number of carbonyl (C=O) groups is 1. The molecule has 11 heteroatoms. The van der Waals surface area contributed by atoms with Gasteiger partial charge in [0, 0.05) is 24.9 Å². The van der Waals surface area contributed by atoms with Crippen LogP contribution in [0.25, 0.3) is 11.0 Å². The zero-order valence-electron chi connectivity index (χ0n) is 19.0. The quantitative estimate of drug-likeness (QED) is 0.419. The van der Waals surface area contributed by atoms with E-state index in [4.69, 9.17) is 5.14 Å². The molecule has 0 radical (unpaired) electrons. The van der Waals surface area contributed by atoms with E-state index in [2.05, 4.69) is 15.0 Å². The van der Waals surface area contributed by atoms with E-state index in [9.17, 15) is 22.0 Å². The molecule has 1 aromatic heterocycles. The molecule has 0 aliphatic rings. The Bertz CT molecular complexity index is 1260. The molecule has 3 rings (SSSR count). The molecular weight excluding hydrogens is 466 g/mol. The van der Waals surface area contributed by atoms with Gasteiger partial charge in [-0.1, -0.05) is 32.0 Å². The topological polar surface area (TPSA) is 116 Å². The number of nitrogens with one attached hydrogen (secondary N) is 1. The Hall–Kier alpha value is -3.05. The average molecular weight is 495 g/mol. The van der Waals surface area contributed by atoms with Crippen LogP contribution in [-0.2, 0) is 27.8 Å². The minimum absolute atomic E-state index is 0.0269. The second kappa shape index (κ2) is 10.9. The van der Waals surface area contributed by atoms with Crippen molar-refractivity contribution in [3.8, 4) is 5.75 Å². The number of fused-ring (bicyclic) bond motifs is 1. The van der Waals surface area contributed by atoms with Crippen molar-refractivity contribution in [1.82, 2.24) is 14.9 Å². The summed E-state index contributed by atoms with van der Waals surface area (Å²) in [5.41, 5.74) is 1.72. The summed E-state index contributed by atoms with van der Waals surface area (Å²) >= 11 is 0. The molecule has 3 N–H and O–H groups in total. The van der Waals surface area contributed by atoms with Crippen LogP contribution in [0.1, 0.15) is 50.5 Å². The molecule has 3 aromatic rings. The van der Waals surface area contributed by atoms with Gasteiger partial charge in [-0.05, 0) is 37.1 Å². The SMILES string of the molecule is CCCn1c(CCC(=O)NC(CC)c2ccccc2OC(F)F)nc2cc(S(N)(=O)=O)ccc21. The molecule has 1 amide bonds. The number of rotatable bonds is 11. The van der Waals surface area contributed by atoms with Gasteiger partial charge >= 0.3 is 6.61 Å². The summed E-state index contributed by atoms with van der Waals surface area (Å²) in [4.78, 5) is 17.2. The predicted octanol–water partition coefficient (Wildman–Crippen LogP) is 3.90. The van der Waals surface area contributed by atoms with E-state index in [1.165, 1.54) is 18.2 Å². The maximum atomic E-state index is 12.8. The van der Waals surface area contributed by atoms with Crippen molar-refractivity contribution in [3.63, 3.8) is 0 Å². The maximum Gasteiger partial charge on any atom is 0.387 e. The fourth-order valence-electron chi connectivity index (χ4n) is 3.86. The minimum Gasteiger partial charge on any atom is -0.434 e. The Labute approximate surface area is 197 Å². The summed E-state index contributed by atoms with van der Waals surface area (Å²) in [6, 6.07) is 10.4. The summed E-state index contributed by atoms with van der Waals surface area (Å²) in [5.74, 6) is 0.409. The van der Waals surface area contributed by atoms with Crippen molar-refractivity contribution in [3.05, 3.63) is 53.9 Å². The molecule has 1 heterocycles. The van der Waals surface area contributed by atoms with Gasteiger partial charge in [0.2, 0.25) is 15.9 Å². The number of nitrogens with two attached hydrogens (primary N) is 1. The molecule has 184 valence electrons. The molecule has 0 saturated heterocycles. The summed E-state index contributed by atoms with van der Waals surface area (Å²) in [7, 11) is -3.86. The van der Waals surface area contributed by atoms with Crippen LogP contribution in [0.15, 0.2) is 47.4 Å². The number of carbonyl (C=O) groups excluding carboxylic acids is 1. The molecule has 0 saturated carbocycles. The maximum absolute atomic E-state index is 12.8. The largest absolute Gasteiger partial charge is 0.434 e. The summed E-state index contributed by atoms with van der Waals surface area (Å²) in [5, 5.41) is 8.11. The van der Waals surface area contributed by atoms with Gasteiger partial charge in [-0.25, -0.2) is 18.5 Å². The van der Waals surface area contributed by atoms with Crippen LogP contribution in [0, 0.1) is 0 Å². The number of amides is 1. The highest BCUT2D eigenvalue weighted by Crippen LogP contribution is 2.28. The first-order valence-electron chi connectivity index (χ1n) is 11.0. The molecule has 34 heavy (non-hydrogen) atoms. The van der Waals surface area contributed by atoms with Crippen molar-refractivity contribution in [2.24, 2.45) is 5.14 Å². The molecular formula is C23H28F2N4O4S. The fourth-order valence-corrected chi connectivity index (χ4v) is 4.40. The number of benzene rings is 2. The van der Waals surface area contributed by atoms with Gasteiger partial charge < -0.3 is 14.6 Å². The van der Waals surface area contributed by atoms with E-state index in [1.807, 2.05) is 18.4 Å². The third-order valence-corrected chi connectivity index (χ3v) is 6.32. The lowest BCUT2D eigenvalue weighted by molar-refractivity contribution is -0.121. The molecule has 8 nitrogen and oxygen atoms in total. The summed E-state index contributed by atoms with van der Waals surface area (Å²) in [6.07, 6.45) is 1.74. The fraction of sp³-hybridized carbons (Fsp3) is 0.391. The Morgan fingerprint density at radius 3 is 2.59 bits per heavy atom. The Morgan fingerprint density at radius 2 is 1.94 bits per heavy atom. The number of para-hydroxylation sites is 1. The molecule has 2 aromatic carbocycles. The first-order valence-corrected chi connectivity index (χ1v) is 12.5. The Morgan fingerprint density at radius 1 is 1.21 bits per heavy atom. The smallest absolute Gasteiger partial charge is 0.387 e. The number of aryl methyl sites for hydroxylation is 2. The first kappa shape index (κ1) is 25.6. The van der Waals surface area contributed by atoms with Crippen LogP contribution < -0.4 is 15.2 Å². The summed E-state index contributed by atoms with van der Waals surface area (Å²) < 4.78 is 55.4. The highest BCUT2D eigenvalue weighted by molar-refractivity contribution is 7.89. The van der Waals surface area contributed by atoms with Crippen LogP contribution in [0.5, 0.6) is 5.75 Å².